The maximum absolute atomic E-state index is 6.01. The molecular weight excluding hydrogens is 384 g/mol. The Hall–Kier alpha value is -2.49. The molecule has 0 aromatic heterocycles. The molecule has 1 aliphatic rings. The van der Waals surface area contributed by atoms with Gasteiger partial charge in [-0.05, 0) is 48.0 Å². The van der Waals surface area contributed by atoms with E-state index in [4.69, 9.17) is 16.6 Å². The molecule has 4 rings (SSSR count). The zero-order chi connectivity index (χ0) is 19.3. The Kier molecular flexibility index (Phi) is 5.84. The SMILES string of the molecule is CN1CCN=C(C=Cc2ccccc2Sc2ccc(Cl)cc2)c2ccccc21. The second-order valence-electron chi connectivity index (χ2n) is 6.63. The van der Waals surface area contributed by atoms with Gasteiger partial charge in [0.25, 0.3) is 0 Å². The highest BCUT2D eigenvalue weighted by molar-refractivity contribution is 7.99. The van der Waals surface area contributed by atoms with Gasteiger partial charge in [-0.15, -0.1) is 0 Å². The van der Waals surface area contributed by atoms with E-state index in [0.29, 0.717) is 0 Å². The van der Waals surface area contributed by atoms with E-state index >= 15 is 0 Å². The average molecular weight is 405 g/mol. The largest absolute Gasteiger partial charge is 0.372 e. The number of para-hydroxylation sites is 1. The number of aliphatic imine (C=N–C) groups is 1. The van der Waals surface area contributed by atoms with Gasteiger partial charge in [-0.2, -0.15) is 0 Å². The third kappa shape index (κ3) is 4.32. The summed E-state index contributed by atoms with van der Waals surface area (Å²) in [6.45, 7) is 1.73. The molecule has 0 saturated heterocycles. The normalized spacial score (nSPS) is 13.9. The van der Waals surface area contributed by atoms with Crippen LogP contribution >= 0.6 is 23.4 Å². The summed E-state index contributed by atoms with van der Waals surface area (Å²) in [4.78, 5) is 9.47. The number of benzene rings is 3. The maximum atomic E-state index is 6.01. The number of benzodiazepines with no additional fused rings is 1. The van der Waals surface area contributed by atoms with Crippen LogP contribution in [0.2, 0.25) is 5.02 Å². The van der Waals surface area contributed by atoms with Crippen LogP contribution < -0.4 is 4.90 Å². The third-order valence-corrected chi connectivity index (χ3v) is 6.04. The molecule has 4 heteroatoms. The van der Waals surface area contributed by atoms with Crippen molar-refractivity contribution < 1.29 is 0 Å². The minimum absolute atomic E-state index is 0.757. The second kappa shape index (κ2) is 8.68. The van der Waals surface area contributed by atoms with Crippen LogP contribution in [-0.2, 0) is 0 Å². The average Bonchev–Trinajstić information content (AvgIpc) is 2.88. The van der Waals surface area contributed by atoms with Crippen molar-refractivity contribution in [2.75, 3.05) is 25.0 Å². The first-order valence-corrected chi connectivity index (χ1v) is 10.5. The predicted octanol–water partition coefficient (Wildman–Crippen LogP) is 6.44. The zero-order valence-electron chi connectivity index (χ0n) is 15.7. The highest BCUT2D eigenvalue weighted by atomic mass is 35.5. The van der Waals surface area contributed by atoms with Crippen molar-refractivity contribution in [3.63, 3.8) is 0 Å². The molecule has 0 fully saturated rings. The molecule has 1 aliphatic heterocycles. The Morgan fingerprint density at radius 1 is 0.929 bits per heavy atom. The van der Waals surface area contributed by atoms with E-state index < -0.39 is 0 Å². The lowest BCUT2D eigenvalue weighted by Crippen LogP contribution is -2.20. The monoisotopic (exact) mass is 404 g/mol. The van der Waals surface area contributed by atoms with Crippen LogP contribution in [0.3, 0.4) is 0 Å². The van der Waals surface area contributed by atoms with E-state index in [0.717, 1.165) is 23.8 Å². The number of likely N-dealkylation sites (N-methyl/N-ethyl adjacent to an activating group) is 1. The van der Waals surface area contributed by atoms with Gasteiger partial charge in [0.1, 0.15) is 0 Å². The first kappa shape index (κ1) is 18.9. The van der Waals surface area contributed by atoms with Crippen LogP contribution in [0.5, 0.6) is 0 Å². The molecule has 0 amide bonds. The number of rotatable bonds is 4. The van der Waals surface area contributed by atoms with E-state index in [1.807, 2.05) is 12.1 Å². The molecule has 1 heterocycles. The lowest BCUT2D eigenvalue weighted by Gasteiger charge is -2.18. The van der Waals surface area contributed by atoms with Crippen LogP contribution in [0.15, 0.2) is 93.7 Å². The van der Waals surface area contributed by atoms with E-state index in [1.54, 1.807) is 11.8 Å². The van der Waals surface area contributed by atoms with Crippen molar-refractivity contribution >= 4 is 40.8 Å². The number of hydrogen-bond donors (Lipinski definition) is 0. The van der Waals surface area contributed by atoms with Gasteiger partial charge >= 0.3 is 0 Å². The lowest BCUT2D eigenvalue weighted by atomic mass is 10.1. The molecule has 0 bridgehead atoms. The second-order valence-corrected chi connectivity index (χ2v) is 8.18. The molecule has 2 nitrogen and oxygen atoms in total. The third-order valence-electron chi connectivity index (χ3n) is 4.69. The summed E-state index contributed by atoms with van der Waals surface area (Å²) >= 11 is 7.75. The fourth-order valence-corrected chi connectivity index (χ4v) is 4.25. The Labute approximate surface area is 175 Å². The molecule has 0 saturated carbocycles. The molecule has 0 spiro atoms. The summed E-state index contributed by atoms with van der Waals surface area (Å²) in [6, 6.07) is 24.9. The first-order valence-electron chi connectivity index (χ1n) is 9.26. The molecule has 0 N–H and O–H groups in total. The van der Waals surface area contributed by atoms with Crippen LogP contribution in [0.1, 0.15) is 11.1 Å². The fraction of sp³-hybridized carbons (Fsp3) is 0.125. The first-order chi connectivity index (χ1) is 13.7. The van der Waals surface area contributed by atoms with Crippen LogP contribution in [0.25, 0.3) is 6.08 Å². The summed E-state index contributed by atoms with van der Waals surface area (Å²) in [6.07, 6.45) is 4.30. The van der Waals surface area contributed by atoms with Gasteiger partial charge in [-0.3, -0.25) is 4.99 Å². The molecule has 0 atom stereocenters. The highest BCUT2D eigenvalue weighted by Crippen LogP contribution is 2.32. The Morgan fingerprint density at radius 3 is 2.54 bits per heavy atom. The fourth-order valence-electron chi connectivity index (χ4n) is 3.20. The van der Waals surface area contributed by atoms with Crippen molar-refractivity contribution in [3.05, 3.63) is 95.0 Å². The number of halogens is 1. The number of hydrogen-bond acceptors (Lipinski definition) is 3. The van der Waals surface area contributed by atoms with E-state index in [-0.39, 0.29) is 0 Å². The van der Waals surface area contributed by atoms with Gasteiger partial charge < -0.3 is 4.90 Å². The van der Waals surface area contributed by atoms with Crippen LogP contribution in [0.4, 0.5) is 5.69 Å². The summed E-state index contributed by atoms with van der Waals surface area (Å²) in [5.41, 5.74) is 4.63. The molecule has 0 aliphatic carbocycles. The van der Waals surface area contributed by atoms with Crippen molar-refractivity contribution in [1.29, 1.82) is 0 Å². The van der Waals surface area contributed by atoms with Gasteiger partial charge in [-0.1, -0.05) is 65.8 Å². The lowest BCUT2D eigenvalue weighted by molar-refractivity contribution is 0.897. The number of fused-ring (bicyclic) bond motifs is 1. The minimum atomic E-state index is 0.757. The van der Waals surface area contributed by atoms with Gasteiger partial charge in [0, 0.05) is 39.7 Å². The Balaban J connectivity index is 1.63. The van der Waals surface area contributed by atoms with Crippen molar-refractivity contribution in [3.8, 4) is 0 Å². The van der Waals surface area contributed by atoms with Gasteiger partial charge in [0.2, 0.25) is 0 Å². The summed E-state index contributed by atoms with van der Waals surface area (Å²) < 4.78 is 0. The number of anilines is 1. The molecule has 28 heavy (non-hydrogen) atoms. The molecule has 3 aromatic carbocycles. The summed E-state index contributed by atoms with van der Waals surface area (Å²) in [7, 11) is 2.12. The van der Waals surface area contributed by atoms with E-state index in [1.165, 1.54) is 26.6 Å². The molecular formula is C24H21ClN2S. The van der Waals surface area contributed by atoms with Crippen LogP contribution in [0, 0.1) is 0 Å². The van der Waals surface area contributed by atoms with Gasteiger partial charge in [0.15, 0.2) is 0 Å². The maximum Gasteiger partial charge on any atom is 0.0668 e. The van der Waals surface area contributed by atoms with Gasteiger partial charge in [0.05, 0.1) is 12.3 Å². The molecule has 3 aromatic rings. The summed E-state index contributed by atoms with van der Waals surface area (Å²) in [5, 5.41) is 0.757. The van der Waals surface area contributed by atoms with E-state index in [2.05, 4.69) is 84.8 Å². The van der Waals surface area contributed by atoms with Crippen molar-refractivity contribution in [1.82, 2.24) is 0 Å². The van der Waals surface area contributed by atoms with Crippen LogP contribution in [-0.4, -0.2) is 25.8 Å². The predicted molar refractivity (Wildman–Crippen MR) is 122 cm³/mol. The molecule has 140 valence electrons. The van der Waals surface area contributed by atoms with E-state index in [9.17, 15) is 0 Å². The standard InChI is InChI=1S/C24H21ClN2S/c1-27-17-16-26-22(21-7-3-4-8-23(21)27)15-10-18-6-2-5-9-24(18)28-20-13-11-19(25)12-14-20/h2-15H,16-17H2,1H3. The Morgan fingerprint density at radius 2 is 1.68 bits per heavy atom. The smallest absolute Gasteiger partial charge is 0.0668 e. The molecule has 0 radical (unpaired) electrons. The molecule has 0 unspecified atom stereocenters. The zero-order valence-corrected chi connectivity index (χ0v) is 17.3. The topological polar surface area (TPSA) is 15.6 Å². The number of nitrogens with zero attached hydrogens (tertiary/aromatic N) is 2. The minimum Gasteiger partial charge on any atom is -0.372 e. The summed E-state index contributed by atoms with van der Waals surface area (Å²) in [5.74, 6) is 0. The highest BCUT2D eigenvalue weighted by Gasteiger charge is 2.13. The number of allylic oxidation sites excluding steroid dienone is 1. The Bertz CT molecular complexity index is 1020. The quantitative estimate of drug-likeness (QED) is 0.497. The van der Waals surface area contributed by atoms with Crippen molar-refractivity contribution in [2.45, 2.75) is 9.79 Å². The van der Waals surface area contributed by atoms with Gasteiger partial charge in [-0.25, -0.2) is 0 Å². The van der Waals surface area contributed by atoms with Crippen molar-refractivity contribution in [2.24, 2.45) is 4.99 Å².